The third-order valence-corrected chi connectivity index (χ3v) is 0.400. The molecule has 0 aromatic carbocycles. The fourth-order valence-corrected chi connectivity index (χ4v) is 0.205. The van der Waals surface area contributed by atoms with Crippen molar-refractivity contribution >= 4 is 0 Å². The first-order valence-corrected chi connectivity index (χ1v) is 3.55. The predicted octanol–water partition coefficient (Wildman–Crippen LogP) is 1.92. The number of aromatic nitrogens is 3. The normalized spacial score (nSPS) is 6.00. The second kappa shape index (κ2) is 15.7. The molecule has 1 rings (SSSR count). The highest BCUT2D eigenvalue weighted by Gasteiger charge is 1.59. The maximum Gasteiger partial charge on any atom is 0.119 e. The second-order valence-electron chi connectivity index (χ2n) is 0.794. The molecular weight excluding hydrogens is 126 g/mol. The molecule has 0 amide bonds. The van der Waals surface area contributed by atoms with Crippen LogP contribution in [0.25, 0.3) is 0 Å². The Morgan fingerprint density at radius 1 is 0.600 bits per heavy atom. The molecule has 1 aromatic heterocycles. The lowest BCUT2D eigenvalue weighted by Crippen LogP contribution is -1.73. The zero-order valence-electron chi connectivity index (χ0n) is 7.07. The highest BCUT2D eigenvalue weighted by atomic mass is 14.9. The maximum atomic E-state index is 3.56. The van der Waals surface area contributed by atoms with E-state index >= 15 is 0 Å². The molecule has 0 aliphatic carbocycles. The van der Waals surface area contributed by atoms with E-state index in [-0.39, 0.29) is 0 Å². The van der Waals surface area contributed by atoms with Gasteiger partial charge in [0.2, 0.25) is 0 Å². The van der Waals surface area contributed by atoms with E-state index < -0.39 is 0 Å². The van der Waals surface area contributed by atoms with Crippen LogP contribution in [0.2, 0.25) is 0 Å². The lowest BCUT2D eigenvalue weighted by Gasteiger charge is -1.69. The Labute approximate surface area is 62.6 Å². The van der Waals surface area contributed by atoms with E-state index in [9.17, 15) is 0 Å². The zero-order chi connectivity index (χ0) is 8.24. The van der Waals surface area contributed by atoms with E-state index in [1.165, 1.54) is 19.0 Å². The first-order valence-electron chi connectivity index (χ1n) is 3.55. The summed E-state index contributed by atoms with van der Waals surface area (Å²) in [6.45, 7) is 8.00. The van der Waals surface area contributed by atoms with Gasteiger partial charge in [-0.25, -0.2) is 15.0 Å². The van der Waals surface area contributed by atoms with Crippen LogP contribution in [0.5, 0.6) is 0 Å². The molecule has 3 nitrogen and oxygen atoms in total. The highest BCUT2D eigenvalue weighted by molar-refractivity contribution is 4.51. The molecule has 0 saturated heterocycles. The fourth-order valence-electron chi connectivity index (χ4n) is 0.205. The van der Waals surface area contributed by atoms with E-state index in [2.05, 4.69) is 15.0 Å². The molecule has 0 unspecified atom stereocenters. The van der Waals surface area contributed by atoms with Gasteiger partial charge in [0.05, 0.1) is 0 Å². The Morgan fingerprint density at radius 3 is 0.900 bits per heavy atom. The summed E-state index contributed by atoms with van der Waals surface area (Å²) in [6, 6.07) is 0. The fraction of sp³-hybridized carbons (Fsp3) is 0.571. The largest absolute Gasteiger partial charge is 0.225 e. The minimum Gasteiger partial charge on any atom is -0.225 e. The Balaban J connectivity index is 0. The molecule has 0 spiro atoms. The molecule has 1 heterocycles. The van der Waals surface area contributed by atoms with E-state index in [4.69, 9.17) is 0 Å². The van der Waals surface area contributed by atoms with Crippen LogP contribution in [-0.2, 0) is 0 Å². The Hall–Kier alpha value is -0.990. The van der Waals surface area contributed by atoms with Crippen molar-refractivity contribution < 1.29 is 0 Å². The SMILES string of the molecule is CC.CC.c1ncncn1. The van der Waals surface area contributed by atoms with Gasteiger partial charge in [-0.3, -0.25) is 0 Å². The van der Waals surface area contributed by atoms with Gasteiger partial charge in [0, 0.05) is 0 Å². The van der Waals surface area contributed by atoms with Gasteiger partial charge in [-0.05, 0) is 0 Å². The zero-order valence-corrected chi connectivity index (χ0v) is 7.07. The van der Waals surface area contributed by atoms with Crippen LogP contribution in [0.3, 0.4) is 0 Å². The third kappa shape index (κ3) is 10.1. The summed E-state index contributed by atoms with van der Waals surface area (Å²) in [7, 11) is 0. The molecule has 0 saturated carbocycles. The standard InChI is InChI=1S/C3H3N3.2C2H6/c1-4-2-6-3-5-1;2*1-2/h1-3H;2*1-2H3. The van der Waals surface area contributed by atoms with Crippen molar-refractivity contribution in [3.63, 3.8) is 0 Å². The van der Waals surface area contributed by atoms with E-state index in [1.54, 1.807) is 0 Å². The van der Waals surface area contributed by atoms with Crippen LogP contribution in [-0.4, -0.2) is 15.0 Å². The molecule has 0 atom stereocenters. The summed E-state index contributed by atoms with van der Waals surface area (Å²) < 4.78 is 0. The first-order chi connectivity index (χ1) is 5.00. The minimum absolute atomic E-state index is 1.44. The maximum absolute atomic E-state index is 3.56. The van der Waals surface area contributed by atoms with Crippen LogP contribution in [0, 0.1) is 0 Å². The molecule has 0 N–H and O–H groups in total. The number of hydrogen-bond acceptors (Lipinski definition) is 3. The molecule has 10 heavy (non-hydrogen) atoms. The van der Waals surface area contributed by atoms with Gasteiger partial charge >= 0.3 is 0 Å². The third-order valence-electron chi connectivity index (χ3n) is 0.400. The van der Waals surface area contributed by atoms with Gasteiger partial charge in [0.1, 0.15) is 19.0 Å². The average molecular weight is 141 g/mol. The van der Waals surface area contributed by atoms with Crippen molar-refractivity contribution in [3.05, 3.63) is 19.0 Å². The molecule has 1 aromatic rings. The van der Waals surface area contributed by atoms with Gasteiger partial charge in [0.25, 0.3) is 0 Å². The molecule has 58 valence electrons. The van der Waals surface area contributed by atoms with E-state index in [0.29, 0.717) is 0 Å². The summed E-state index contributed by atoms with van der Waals surface area (Å²) in [5, 5.41) is 0. The first kappa shape index (κ1) is 11.8. The van der Waals surface area contributed by atoms with Crippen LogP contribution in [0.15, 0.2) is 19.0 Å². The molecule has 0 bridgehead atoms. The molecule has 0 aliphatic heterocycles. The molecule has 0 fully saturated rings. The van der Waals surface area contributed by atoms with Crippen molar-refractivity contribution in [2.45, 2.75) is 27.7 Å². The van der Waals surface area contributed by atoms with Crippen molar-refractivity contribution in [1.82, 2.24) is 15.0 Å². The lowest BCUT2D eigenvalue weighted by molar-refractivity contribution is 1.05. The summed E-state index contributed by atoms with van der Waals surface area (Å²) in [5.74, 6) is 0. The molecule has 0 radical (unpaired) electrons. The Bertz CT molecular complexity index is 80.8. The minimum atomic E-state index is 1.44. The lowest BCUT2D eigenvalue weighted by atomic mass is 11.0. The van der Waals surface area contributed by atoms with Gasteiger partial charge in [-0.15, -0.1) is 0 Å². The van der Waals surface area contributed by atoms with Crippen LogP contribution in [0.1, 0.15) is 27.7 Å². The molecule has 0 aliphatic rings. The van der Waals surface area contributed by atoms with Crippen molar-refractivity contribution in [2.75, 3.05) is 0 Å². The van der Waals surface area contributed by atoms with Gasteiger partial charge < -0.3 is 0 Å². The van der Waals surface area contributed by atoms with Crippen LogP contribution in [0.4, 0.5) is 0 Å². The van der Waals surface area contributed by atoms with Gasteiger partial charge in [-0.2, -0.15) is 0 Å². The van der Waals surface area contributed by atoms with Gasteiger partial charge in [-0.1, -0.05) is 27.7 Å². The molecule has 3 heteroatoms. The van der Waals surface area contributed by atoms with Crippen molar-refractivity contribution in [3.8, 4) is 0 Å². The topological polar surface area (TPSA) is 38.7 Å². The number of hydrogen-bond donors (Lipinski definition) is 0. The quantitative estimate of drug-likeness (QED) is 0.554. The smallest absolute Gasteiger partial charge is 0.119 e. The average Bonchev–Trinajstić information content (AvgIpc) is 2.14. The molecular formula is C7H15N3. The Morgan fingerprint density at radius 2 is 0.800 bits per heavy atom. The van der Waals surface area contributed by atoms with Crippen LogP contribution >= 0.6 is 0 Å². The van der Waals surface area contributed by atoms with Crippen LogP contribution < -0.4 is 0 Å². The van der Waals surface area contributed by atoms with E-state index in [1.807, 2.05) is 27.7 Å². The van der Waals surface area contributed by atoms with Gasteiger partial charge in [0.15, 0.2) is 0 Å². The summed E-state index contributed by atoms with van der Waals surface area (Å²) in [4.78, 5) is 10.7. The predicted molar refractivity (Wildman–Crippen MR) is 42.5 cm³/mol. The van der Waals surface area contributed by atoms with Crippen molar-refractivity contribution in [2.24, 2.45) is 0 Å². The second-order valence-corrected chi connectivity index (χ2v) is 0.794. The summed E-state index contributed by atoms with van der Waals surface area (Å²) >= 11 is 0. The summed E-state index contributed by atoms with van der Waals surface area (Å²) in [6.07, 6.45) is 4.31. The summed E-state index contributed by atoms with van der Waals surface area (Å²) in [5.41, 5.74) is 0. The highest BCUT2D eigenvalue weighted by Crippen LogP contribution is 1.57. The number of rotatable bonds is 0. The monoisotopic (exact) mass is 141 g/mol. The van der Waals surface area contributed by atoms with Crippen molar-refractivity contribution in [1.29, 1.82) is 0 Å². The Kier molecular flexibility index (Phi) is 18.4. The van der Waals surface area contributed by atoms with E-state index in [0.717, 1.165) is 0 Å². The number of nitrogens with zero attached hydrogens (tertiary/aromatic N) is 3.